The summed E-state index contributed by atoms with van der Waals surface area (Å²) in [5.41, 5.74) is 2.03. The number of hydrogen-bond donors (Lipinski definition) is 1. The van der Waals surface area contributed by atoms with Crippen LogP contribution < -0.4 is 5.32 Å². The first-order valence-corrected chi connectivity index (χ1v) is 10.7. The molecule has 0 bridgehead atoms. The Balaban J connectivity index is 1.45. The molecule has 5 nitrogen and oxygen atoms in total. The van der Waals surface area contributed by atoms with E-state index in [9.17, 15) is 14.0 Å². The summed E-state index contributed by atoms with van der Waals surface area (Å²) in [6, 6.07) is 15.8. The molecule has 1 saturated heterocycles. The lowest BCUT2D eigenvalue weighted by Gasteiger charge is -2.36. The highest BCUT2D eigenvalue weighted by atomic mass is 19.1. The monoisotopic (exact) mass is 409 g/mol. The Bertz CT molecular complexity index is 868. The molecular formula is C24H28FN3O2. The SMILES string of the molecule is O=C1NCCN(Cc2ccc(F)cc2)C1CC(=O)N(Cc1ccccc1)CC1CC1. The fourth-order valence-corrected chi connectivity index (χ4v) is 3.96. The minimum atomic E-state index is -0.506. The van der Waals surface area contributed by atoms with Gasteiger partial charge in [0.2, 0.25) is 11.8 Å². The zero-order valence-corrected chi connectivity index (χ0v) is 17.1. The number of halogens is 1. The third-order valence-corrected chi connectivity index (χ3v) is 5.85. The van der Waals surface area contributed by atoms with E-state index in [4.69, 9.17) is 0 Å². The van der Waals surface area contributed by atoms with Crippen LogP contribution in [0.1, 0.15) is 30.4 Å². The van der Waals surface area contributed by atoms with Crippen molar-refractivity contribution in [2.24, 2.45) is 5.92 Å². The fourth-order valence-electron chi connectivity index (χ4n) is 3.96. The molecule has 1 heterocycles. The standard InChI is InChI=1S/C24H28FN3O2/c25-21-10-8-20(9-11-21)15-27-13-12-26-24(30)22(27)14-23(29)28(17-19-6-7-19)16-18-4-2-1-3-5-18/h1-5,8-11,19,22H,6-7,12-17H2,(H,26,30). The second-order valence-electron chi connectivity index (χ2n) is 8.31. The lowest BCUT2D eigenvalue weighted by Crippen LogP contribution is -2.56. The predicted molar refractivity (Wildman–Crippen MR) is 113 cm³/mol. The predicted octanol–water partition coefficient (Wildman–Crippen LogP) is 2.96. The Morgan fingerprint density at radius 3 is 2.50 bits per heavy atom. The van der Waals surface area contributed by atoms with Gasteiger partial charge >= 0.3 is 0 Å². The number of benzene rings is 2. The van der Waals surface area contributed by atoms with Crippen LogP contribution in [0.25, 0.3) is 0 Å². The van der Waals surface area contributed by atoms with E-state index >= 15 is 0 Å². The summed E-state index contributed by atoms with van der Waals surface area (Å²) in [5.74, 6) is 0.200. The molecule has 2 fully saturated rings. The topological polar surface area (TPSA) is 52.7 Å². The van der Waals surface area contributed by atoms with Crippen molar-refractivity contribution in [3.05, 3.63) is 71.5 Å². The molecule has 6 heteroatoms. The van der Waals surface area contributed by atoms with Gasteiger partial charge < -0.3 is 10.2 Å². The lowest BCUT2D eigenvalue weighted by molar-refractivity contribution is -0.139. The Kier molecular flexibility index (Phi) is 6.43. The van der Waals surface area contributed by atoms with Gasteiger partial charge in [0.15, 0.2) is 0 Å². The number of carbonyl (C=O) groups is 2. The normalized spacial score (nSPS) is 19.4. The molecule has 0 spiro atoms. The molecule has 158 valence electrons. The molecule has 2 aromatic carbocycles. The van der Waals surface area contributed by atoms with Crippen molar-refractivity contribution >= 4 is 11.8 Å². The zero-order valence-electron chi connectivity index (χ0n) is 17.1. The second kappa shape index (κ2) is 9.39. The van der Waals surface area contributed by atoms with Gasteiger partial charge in [-0.25, -0.2) is 4.39 Å². The Hall–Kier alpha value is -2.73. The van der Waals surface area contributed by atoms with Gasteiger partial charge in [-0.3, -0.25) is 14.5 Å². The Morgan fingerprint density at radius 1 is 1.07 bits per heavy atom. The highest BCUT2D eigenvalue weighted by molar-refractivity contribution is 5.88. The van der Waals surface area contributed by atoms with Crippen molar-refractivity contribution in [3.63, 3.8) is 0 Å². The smallest absolute Gasteiger partial charge is 0.237 e. The molecule has 1 aliphatic heterocycles. The third kappa shape index (κ3) is 5.45. The van der Waals surface area contributed by atoms with E-state index < -0.39 is 6.04 Å². The van der Waals surface area contributed by atoms with Crippen LogP contribution in [-0.2, 0) is 22.7 Å². The average Bonchev–Trinajstić information content (AvgIpc) is 3.56. The van der Waals surface area contributed by atoms with E-state index in [0.29, 0.717) is 32.1 Å². The number of rotatable bonds is 8. The molecule has 1 saturated carbocycles. The first kappa shape index (κ1) is 20.5. The van der Waals surface area contributed by atoms with Crippen molar-refractivity contribution in [1.29, 1.82) is 0 Å². The van der Waals surface area contributed by atoms with E-state index in [2.05, 4.69) is 5.32 Å². The number of carbonyl (C=O) groups excluding carboxylic acids is 2. The highest BCUT2D eigenvalue weighted by Gasteiger charge is 2.34. The first-order valence-electron chi connectivity index (χ1n) is 10.7. The molecule has 4 rings (SSSR count). The maximum atomic E-state index is 13.2. The molecule has 0 radical (unpaired) electrons. The minimum absolute atomic E-state index is 0.0110. The van der Waals surface area contributed by atoms with Crippen LogP contribution in [0.3, 0.4) is 0 Å². The van der Waals surface area contributed by atoms with Crippen molar-refractivity contribution in [1.82, 2.24) is 15.1 Å². The fraction of sp³-hybridized carbons (Fsp3) is 0.417. The second-order valence-corrected chi connectivity index (χ2v) is 8.31. The Morgan fingerprint density at radius 2 is 1.80 bits per heavy atom. The summed E-state index contributed by atoms with van der Waals surface area (Å²) in [4.78, 5) is 29.8. The van der Waals surface area contributed by atoms with E-state index in [-0.39, 0.29) is 24.1 Å². The van der Waals surface area contributed by atoms with Gasteiger partial charge in [-0.15, -0.1) is 0 Å². The molecule has 0 aromatic heterocycles. The maximum Gasteiger partial charge on any atom is 0.237 e. The molecule has 1 unspecified atom stereocenters. The van der Waals surface area contributed by atoms with Crippen LogP contribution in [0.2, 0.25) is 0 Å². The summed E-state index contributed by atoms with van der Waals surface area (Å²) in [6.45, 7) is 3.07. The van der Waals surface area contributed by atoms with Crippen LogP contribution in [0, 0.1) is 11.7 Å². The number of hydrogen-bond acceptors (Lipinski definition) is 3. The summed E-state index contributed by atoms with van der Waals surface area (Å²) >= 11 is 0. The molecule has 1 N–H and O–H groups in total. The largest absolute Gasteiger partial charge is 0.353 e. The summed E-state index contributed by atoms with van der Waals surface area (Å²) < 4.78 is 13.2. The number of nitrogens with zero attached hydrogens (tertiary/aromatic N) is 2. The summed E-state index contributed by atoms with van der Waals surface area (Å²) in [6.07, 6.45) is 2.49. The van der Waals surface area contributed by atoms with Crippen molar-refractivity contribution < 1.29 is 14.0 Å². The number of amides is 2. The summed E-state index contributed by atoms with van der Waals surface area (Å²) in [7, 11) is 0. The molecule has 2 aliphatic rings. The quantitative estimate of drug-likeness (QED) is 0.729. The van der Waals surface area contributed by atoms with Gasteiger partial charge in [0.25, 0.3) is 0 Å². The van der Waals surface area contributed by atoms with Gasteiger partial charge in [-0.2, -0.15) is 0 Å². The van der Waals surface area contributed by atoms with Crippen molar-refractivity contribution in [2.75, 3.05) is 19.6 Å². The third-order valence-electron chi connectivity index (χ3n) is 5.85. The molecule has 1 aliphatic carbocycles. The minimum Gasteiger partial charge on any atom is -0.353 e. The highest BCUT2D eigenvalue weighted by Crippen LogP contribution is 2.30. The molecule has 1 atom stereocenters. The van der Waals surface area contributed by atoms with E-state index in [1.807, 2.05) is 40.1 Å². The first-order chi connectivity index (χ1) is 14.6. The van der Waals surface area contributed by atoms with Crippen LogP contribution in [0.5, 0.6) is 0 Å². The molecule has 2 amide bonds. The summed E-state index contributed by atoms with van der Waals surface area (Å²) in [5, 5.41) is 2.89. The van der Waals surface area contributed by atoms with Crippen molar-refractivity contribution in [2.45, 2.75) is 38.4 Å². The van der Waals surface area contributed by atoms with Gasteiger partial charge in [0.05, 0.1) is 12.5 Å². The van der Waals surface area contributed by atoms with Crippen LogP contribution in [0.4, 0.5) is 4.39 Å². The van der Waals surface area contributed by atoms with E-state index in [1.165, 1.54) is 25.0 Å². The average molecular weight is 410 g/mol. The van der Waals surface area contributed by atoms with Gasteiger partial charge in [0.1, 0.15) is 5.82 Å². The zero-order chi connectivity index (χ0) is 20.9. The van der Waals surface area contributed by atoms with E-state index in [0.717, 1.165) is 17.7 Å². The van der Waals surface area contributed by atoms with E-state index in [1.54, 1.807) is 12.1 Å². The van der Waals surface area contributed by atoms with Crippen LogP contribution >= 0.6 is 0 Å². The molecule has 2 aromatic rings. The molecular weight excluding hydrogens is 381 g/mol. The number of piperazine rings is 1. The maximum absolute atomic E-state index is 13.2. The Labute approximate surface area is 176 Å². The molecule has 30 heavy (non-hydrogen) atoms. The van der Waals surface area contributed by atoms with Gasteiger partial charge in [-0.05, 0) is 42.0 Å². The van der Waals surface area contributed by atoms with Gasteiger partial charge in [0, 0.05) is 32.7 Å². The van der Waals surface area contributed by atoms with Gasteiger partial charge in [-0.1, -0.05) is 42.5 Å². The van der Waals surface area contributed by atoms with Crippen LogP contribution in [-0.4, -0.2) is 47.3 Å². The van der Waals surface area contributed by atoms with Crippen molar-refractivity contribution in [3.8, 4) is 0 Å². The number of nitrogens with one attached hydrogen (secondary N) is 1. The van der Waals surface area contributed by atoms with Crippen LogP contribution in [0.15, 0.2) is 54.6 Å². The lowest BCUT2D eigenvalue weighted by atomic mass is 10.1.